The highest BCUT2D eigenvalue weighted by molar-refractivity contribution is 6.40. The number of benzene rings is 2. The molecule has 0 fully saturated rings. The molecule has 3 aromatic rings. The van der Waals surface area contributed by atoms with Gasteiger partial charge in [-0.15, -0.1) is 0 Å². The SMILES string of the molecule is O=C(Nc1cccnc1)C(CCCCCB(O)O)C(=O)Nc1cccc(-c2ccccc2)c1. The van der Waals surface area contributed by atoms with E-state index in [-0.39, 0.29) is 12.2 Å². The van der Waals surface area contributed by atoms with E-state index < -0.39 is 18.9 Å². The largest absolute Gasteiger partial charge is 0.451 e. The molecule has 1 atom stereocenters. The number of anilines is 2. The first kappa shape index (κ1) is 24.2. The van der Waals surface area contributed by atoms with Crippen LogP contribution in [0, 0.1) is 5.92 Å². The summed E-state index contributed by atoms with van der Waals surface area (Å²) in [6, 6.07) is 20.8. The Morgan fingerprint density at radius 2 is 1.52 bits per heavy atom. The summed E-state index contributed by atoms with van der Waals surface area (Å²) in [4.78, 5) is 30.0. The fourth-order valence-electron chi connectivity index (χ4n) is 3.54. The molecule has 1 heterocycles. The van der Waals surface area contributed by atoms with Crippen molar-refractivity contribution < 1.29 is 19.6 Å². The van der Waals surface area contributed by atoms with Crippen LogP contribution in [0.25, 0.3) is 11.1 Å². The average Bonchev–Trinajstić information content (AvgIpc) is 2.82. The molecule has 1 aromatic heterocycles. The smallest absolute Gasteiger partial charge is 0.427 e. The Hall–Kier alpha value is -3.49. The van der Waals surface area contributed by atoms with Gasteiger partial charge in [-0.2, -0.15) is 0 Å². The van der Waals surface area contributed by atoms with Crippen LogP contribution < -0.4 is 10.6 Å². The van der Waals surface area contributed by atoms with Gasteiger partial charge in [0, 0.05) is 11.9 Å². The first-order valence-electron chi connectivity index (χ1n) is 11.1. The summed E-state index contributed by atoms with van der Waals surface area (Å²) in [5.74, 6) is -1.68. The molecule has 8 heteroatoms. The molecular formula is C25H28BN3O4. The van der Waals surface area contributed by atoms with Crippen molar-refractivity contribution in [1.29, 1.82) is 0 Å². The quantitative estimate of drug-likeness (QED) is 0.203. The second-order valence-electron chi connectivity index (χ2n) is 7.84. The molecule has 170 valence electrons. The second kappa shape index (κ2) is 12.5. The molecule has 7 nitrogen and oxygen atoms in total. The minimum atomic E-state index is -1.34. The molecule has 0 aliphatic carbocycles. The van der Waals surface area contributed by atoms with Crippen molar-refractivity contribution in [2.45, 2.75) is 32.0 Å². The summed E-state index contributed by atoms with van der Waals surface area (Å²) in [6.07, 6.45) is 5.65. The fourth-order valence-corrected chi connectivity index (χ4v) is 3.54. The third kappa shape index (κ3) is 7.86. The Balaban J connectivity index is 1.69. The number of unbranched alkanes of at least 4 members (excludes halogenated alkanes) is 2. The number of pyridine rings is 1. The van der Waals surface area contributed by atoms with Gasteiger partial charge >= 0.3 is 7.12 Å². The standard InChI is InChI=1S/C25H28BN3O4/c30-24(28-21-12-7-11-20(17-21)19-9-3-1-4-10-19)23(14-5-2-6-15-26(32)33)25(31)29-22-13-8-16-27-18-22/h1,3-4,7-13,16-18,23,32-33H,2,5-6,14-15H2,(H,28,30)(H,29,31). The predicted molar refractivity (Wildman–Crippen MR) is 130 cm³/mol. The average molecular weight is 445 g/mol. The third-order valence-electron chi connectivity index (χ3n) is 5.25. The lowest BCUT2D eigenvalue weighted by atomic mass is 9.83. The van der Waals surface area contributed by atoms with Crippen LogP contribution in [0.4, 0.5) is 11.4 Å². The van der Waals surface area contributed by atoms with Crippen LogP contribution in [-0.4, -0.2) is 34.0 Å². The maximum Gasteiger partial charge on any atom is 0.451 e. The zero-order valence-electron chi connectivity index (χ0n) is 18.4. The number of amides is 2. The lowest BCUT2D eigenvalue weighted by Gasteiger charge is -2.17. The molecule has 1 unspecified atom stereocenters. The van der Waals surface area contributed by atoms with Gasteiger partial charge in [-0.1, -0.05) is 61.7 Å². The lowest BCUT2D eigenvalue weighted by Crippen LogP contribution is -2.34. The Morgan fingerprint density at radius 1 is 0.818 bits per heavy atom. The zero-order chi connectivity index (χ0) is 23.5. The molecule has 33 heavy (non-hydrogen) atoms. The van der Waals surface area contributed by atoms with Crippen molar-refractivity contribution in [1.82, 2.24) is 4.98 Å². The van der Waals surface area contributed by atoms with Gasteiger partial charge in [0.05, 0.1) is 11.9 Å². The van der Waals surface area contributed by atoms with Crippen LogP contribution in [0.3, 0.4) is 0 Å². The molecule has 0 aliphatic heterocycles. The topological polar surface area (TPSA) is 112 Å². The van der Waals surface area contributed by atoms with Gasteiger partial charge < -0.3 is 20.7 Å². The number of hydrogen-bond acceptors (Lipinski definition) is 5. The maximum absolute atomic E-state index is 13.1. The van der Waals surface area contributed by atoms with E-state index in [1.807, 2.05) is 48.5 Å². The first-order chi connectivity index (χ1) is 16.0. The van der Waals surface area contributed by atoms with Gasteiger partial charge in [0.15, 0.2) is 0 Å². The van der Waals surface area contributed by atoms with Crippen LogP contribution in [0.5, 0.6) is 0 Å². The summed E-state index contributed by atoms with van der Waals surface area (Å²) in [5, 5.41) is 23.6. The van der Waals surface area contributed by atoms with E-state index >= 15 is 0 Å². The molecule has 0 saturated heterocycles. The summed E-state index contributed by atoms with van der Waals surface area (Å²) >= 11 is 0. The highest BCUT2D eigenvalue weighted by Crippen LogP contribution is 2.23. The van der Waals surface area contributed by atoms with E-state index in [9.17, 15) is 9.59 Å². The molecule has 0 radical (unpaired) electrons. The summed E-state index contributed by atoms with van der Waals surface area (Å²) in [5.41, 5.74) is 3.14. The number of hydrogen-bond donors (Lipinski definition) is 4. The molecule has 0 saturated carbocycles. The molecular weight excluding hydrogens is 417 g/mol. The van der Waals surface area contributed by atoms with Gasteiger partial charge in [0.2, 0.25) is 11.8 Å². The van der Waals surface area contributed by atoms with E-state index in [1.165, 1.54) is 6.20 Å². The van der Waals surface area contributed by atoms with Crippen molar-refractivity contribution in [2.75, 3.05) is 10.6 Å². The van der Waals surface area contributed by atoms with E-state index in [0.717, 1.165) is 11.1 Å². The number of rotatable bonds is 11. The predicted octanol–water partition coefficient (Wildman–Crippen LogP) is 3.98. The molecule has 3 rings (SSSR count). The Morgan fingerprint density at radius 3 is 2.21 bits per heavy atom. The molecule has 0 bridgehead atoms. The van der Waals surface area contributed by atoms with Gasteiger partial charge in [0.25, 0.3) is 0 Å². The Kier molecular flexibility index (Phi) is 9.17. The van der Waals surface area contributed by atoms with Crippen molar-refractivity contribution in [2.24, 2.45) is 5.92 Å². The summed E-state index contributed by atoms with van der Waals surface area (Å²) in [6.45, 7) is 0. The number of aromatic nitrogens is 1. The number of carbonyl (C=O) groups excluding carboxylic acids is 2. The highest BCUT2D eigenvalue weighted by Gasteiger charge is 2.26. The lowest BCUT2D eigenvalue weighted by molar-refractivity contribution is -0.129. The number of carbonyl (C=O) groups is 2. The molecule has 0 aliphatic rings. The fraction of sp³-hybridized carbons (Fsp3) is 0.240. The van der Waals surface area contributed by atoms with E-state index in [0.29, 0.717) is 37.1 Å². The summed E-state index contributed by atoms with van der Waals surface area (Å²) in [7, 11) is -1.34. The van der Waals surface area contributed by atoms with Crippen LogP contribution >= 0.6 is 0 Å². The third-order valence-corrected chi connectivity index (χ3v) is 5.25. The first-order valence-corrected chi connectivity index (χ1v) is 11.1. The van der Waals surface area contributed by atoms with Crippen molar-refractivity contribution in [3.05, 3.63) is 79.1 Å². The van der Waals surface area contributed by atoms with Gasteiger partial charge in [0.1, 0.15) is 5.92 Å². The number of nitrogens with one attached hydrogen (secondary N) is 2. The molecule has 2 amide bonds. The van der Waals surface area contributed by atoms with E-state index in [2.05, 4.69) is 15.6 Å². The Bertz CT molecular complexity index is 1030. The van der Waals surface area contributed by atoms with Crippen LogP contribution in [0.1, 0.15) is 25.7 Å². The minimum Gasteiger partial charge on any atom is -0.427 e. The van der Waals surface area contributed by atoms with Crippen molar-refractivity contribution in [3.8, 4) is 11.1 Å². The van der Waals surface area contributed by atoms with E-state index in [1.54, 1.807) is 24.4 Å². The van der Waals surface area contributed by atoms with Crippen molar-refractivity contribution >= 4 is 30.3 Å². The maximum atomic E-state index is 13.1. The van der Waals surface area contributed by atoms with E-state index in [4.69, 9.17) is 10.0 Å². The monoisotopic (exact) mass is 445 g/mol. The highest BCUT2D eigenvalue weighted by atomic mass is 16.4. The van der Waals surface area contributed by atoms with Gasteiger partial charge in [-0.05, 0) is 48.1 Å². The van der Waals surface area contributed by atoms with Gasteiger partial charge in [-0.3, -0.25) is 14.6 Å². The van der Waals surface area contributed by atoms with Crippen LogP contribution in [0.15, 0.2) is 79.1 Å². The molecule has 0 spiro atoms. The van der Waals surface area contributed by atoms with Crippen molar-refractivity contribution in [3.63, 3.8) is 0 Å². The summed E-state index contributed by atoms with van der Waals surface area (Å²) < 4.78 is 0. The zero-order valence-corrected chi connectivity index (χ0v) is 18.4. The molecule has 4 N–H and O–H groups in total. The normalized spacial score (nSPS) is 11.5. The second-order valence-corrected chi connectivity index (χ2v) is 7.84. The minimum absolute atomic E-state index is 0.269. The Labute approximate surface area is 194 Å². The molecule has 2 aromatic carbocycles. The van der Waals surface area contributed by atoms with Crippen LogP contribution in [-0.2, 0) is 9.59 Å². The van der Waals surface area contributed by atoms with Crippen LogP contribution in [0.2, 0.25) is 6.32 Å². The number of nitrogens with zero attached hydrogens (tertiary/aromatic N) is 1. The van der Waals surface area contributed by atoms with Gasteiger partial charge in [-0.25, -0.2) is 0 Å².